The number of aromatic nitrogens is 3. The van der Waals surface area contributed by atoms with Gasteiger partial charge in [-0.15, -0.1) is 5.10 Å². The van der Waals surface area contributed by atoms with Crippen LogP contribution in [-0.4, -0.2) is 46.1 Å². The van der Waals surface area contributed by atoms with Gasteiger partial charge in [0.1, 0.15) is 5.69 Å². The molecule has 0 fully saturated rings. The fourth-order valence-corrected chi connectivity index (χ4v) is 3.36. The quantitative estimate of drug-likeness (QED) is 0.783. The van der Waals surface area contributed by atoms with Gasteiger partial charge in [-0.25, -0.2) is 0 Å². The Bertz CT molecular complexity index is 552. The van der Waals surface area contributed by atoms with E-state index in [1.807, 2.05) is 11.9 Å². The van der Waals surface area contributed by atoms with Crippen LogP contribution in [0.3, 0.4) is 0 Å². The minimum atomic E-state index is 0.154. The Morgan fingerprint density at radius 1 is 1.52 bits per heavy atom. The number of nitrogens with zero attached hydrogens (tertiary/aromatic N) is 4. The van der Waals surface area contributed by atoms with Crippen molar-refractivity contribution in [3.05, 3.63) is 23.5 Å². The molecule has 114 valence electrons. The zero-order valence-electron chi connectivity index (χ0n) is 12.7. The lowest BCUT2D eigenvalue weighted by Crippen LogP contribution is -2.40. The van der Waals surface area contributed by atoms with Crippen LogP contribution in [0.5, 0.6) is 0 Å². The lowest BCUT2D eigenvalue weighted by Gasteiger charge is -2.32. The number of allylic oxidation sites excluding steroid dienone is 2. The Morgan fingerprint density at radius 3 is 3.10 bits per heavy atom. The van der Waals surface area contributed by atoms with E-state index in [0.717, 1.165) is 24.2 Å². The van der Waals surface area contributed by atoms with E-state index in [1.54, 1.807) is 11.8 Å². The summed E-state index contributed by atoms with van der Waals surface area (Å²) in [6, 6.07) is 0. The summed E-state index contributed by atoms with van der Waals surface area (Å²) < 4.78 is 7.11. The number of hydrogen-bond donors (Lipinski definition) is 0. The molecule has 6 heteroatoms. The van der Waals surface area contributed by atoms with Crippen LogP contribution >= 0.6 is 0 Å². The molecule has 1 aliphatic carbocycles. The van der Waals surface area contributed by atoms with Crippen LogP contribution in [0.25, 0.3) is 0 Å². The average Bonchev–Trinajstić information content (AvgIpc) is 3.09. The number of methoxy groups -OCH3 is 1. The maximum atomic E-state index is 12.5. The molecule has 21 heavy (non-hydrogen) atoms. The summed E-state index contributed by atoms with van der Waals surface area (Å²) in [4.78, 5) is 14.4. The van der Waals surface area contributed by atoms with Gasteiger partial charge in [0.25, 0.3) is 0 Å². The van der Waals surface area contributed by atoms with Crippen LogP contribution in [0.4, 0.5) is 0 Å². The number of carbonyl (C=O) groups is 1. The fraction of sp³-hybridized carbons (Fsp3) is 0.667. The van der Waals surface area contributed by atoms with Gasteiger partial charge < -0.3 is 9.64 Å². The van der Waals surface area contributed by atoms with Gasteiger partial charge in [0, 0.05) is 33.0 Å². The molecular weight excluding hydrogens is 268 g/mol. The van der Waals surface area contributed by atoms with Crippen molar-refractivity contribution in [3.63, 3.8) is 0 Å². The minimum absolute atomic E-state index is 0.154. The first-order valence-corrected chi connectivity index (χ1v) is 7.51. The SMILES string of the molecule is COC[C@@H]1CN(C(=O)C[C@@H]2C=CCC2)Cc2nnn(C)c21. The number of aryl methyl sites for hydroxylation is 1. The van der Waals surface area contributed by atoms with Gasteiger partial charge in [0.15, 0.2) is 0 Å². The highest BCUT2D eigenvalue weighted by Crippen LogP contribution is 2.28. The topological polar surface area (TPSA) is 60.2 Å². The lowest BCUT2D eigenvalue weighted by molar-refractivity contribution is -0.133. The van der Waals surface area contributed by atoms with Gasteiger partial charge in [0.05, 0.1) is 18.8 Å². The fourth-order valence-electron chi connectivity index (χ4n) is 3.36. The van der Waals surface area contributed by atoms with Gasteiger partial charge in [-0.05, 0) is 18.8 Å². The highest BCUT2D eigenvalue weighted by Gasteiger charge is 2.32. The van der Waals surface area contributed by atoms with Gasteiger partial charge in [-0.3, -0.25) is 9.48 Å². The Kier molecular flexibility index (Phi) is 4.05. The Morgan fingerprint density at radius 2 is 2.38 bits per heavy atom. The van der Waals surface area contributed by atoms with Crippen LogP contribution in [0.15, 0.2) is 12.2 Å². The molecule has 0 bridgehead atoms. The molecular formula is C15H22N4O2. The molecule has 2 atom stereocenters. The third-order valence-corrected chi connectivity index (χ3v) is 4.38. The first-order valence-electron chi connectivity index (χ1n) is 7.51. The van der Waals surface area contributed by atoms with E-state index in [0.29, 0.717) is 32.0 Å². The van der Waals surface area contributed by atoms with Crippen molar-refractivity contribution in [2.75, 3.05) is 20.3 Å². The van der Waals surface area contributed by atoms with Gasteiger partial charge >= 0.3 is 0 Å². The summed E-state index contributed by atoms with van der Waals surface area (Å²) in [5.74, 6) is 0.771. The zero-order chi connectivity index (χ0) is 14.8. The summed E-state index contributed by atoms with van der Waals surface area (Å²) in [6.07, 6.45) is 7.13. The number of fused-ring (bicyclic) bond motifs is 1. The molecule has 1 aromatic rings. The van der Waals surface area contributed by atoms with Crippen LogP contribution in [0.1, 0.15) is 36.6 Å². The average molecular weight is 290 g/mol. The Balaban J connectivity index is 1.73. The van der Waals surface area contributed by atoms with E-state index < -0.39 is 0 Å². The molecule has 0 N–H and O–H groups in total. The molecule has 0 unspecified atom stereocenters. The number of amides is 1. The third kappa shape index (κ3) is 2.85. The van der Waals surface area contributed by atoms with E-state index in [4.69, 9.17) is 4.74 Å². The molecule has 0 saturated carbocycles. The van der Waals surface area contributed by atoms with Crippen molar-refractivity contribution in [1.29, 1.82) is 0 Å². The summed E-state index contributed by atoms with van der Waals surface area (Å²) in [5, 5.41) is 8.29. The van der Waals surface area contributed by atoms with Crippen molar-refractivity contribution < 1.29 is 9.53 Å². The first kappa shape index (κ1) is 14.3. The standard InChI is InChI=1S/C15H22N4O2/c1-18-15-12(10-21-2)8-19(9-13(15)16-17-18)14(20)7-11-5-3-4-6-11/h3,5,11-12H,4,6-10H2,1-2H3/t11-,12+/m1/s1. The van der Waals surface area contributed by atoms with Crippen molar-refractivity contribution in [2.45, 2.75) is 31.7 Å². The van der Waals surface area contributed by atoms with Crippen LogP contribution in [-0.2, 0) is 23.1 Å². The van der Waals surface area contributed by atoms with E-state index >= 15 is 0 Å². The molecule has 1 aliphatic heterocycles. The highest BCUT2D eigenvalue weighted by atomic mass is 16.5. The molecule has 0 radical (unpaired) electrons. The molecule has 0 saturated heterocycles. The molecule has 1 aromatic heterocycles. The number of hydrogen-bond acceptors (Lipinski definition) is 4. The molecule has 0 spiro atoms. The summed E-state index contributed by atoms with van der Waals surface area (Å²) in [7, 11) is 3.59. The van der Waals surface area contributed by atoms with Crippen LogP contribution in [0, 0.1) is 5.92 Å². The second-order valence-corrected chi connectivity index (χ2v) is 5.94. The lowest BCUT2D eigenvalue weighted by atomic mass is 9.97. The van der Waals surface area contributed by atoms with Crippen molar-refractivity contribution in [3.8, 4) is 0 Å². The van der Waals surface area contributed by atoms with E-state index in [9.17, 15) is 4.79 Å². The molecule has 0 aromatic carbocycles. The van der Waals surface area contributed by atoms with E-state index in [2.05, 4.69) is 22.5 Å². The van der Waals surface area contributed by atoms with E-state index in [1.165, 1.54) is 0 Å². The molecule has 1 amide bonds. The van der Waals surface area contributed by atoms with Crippen molar-refractivity contribution in [1.82, 2.24) is 19.9 Å². The largest absolute Gasteiger partial charge is 0.384 e. The van der Waals surface area contributed by atoms with Crippen LogP contribution in [0.2, 0.25) is 0 Å². The second kappa shape index (κ2) is 5.97. The van der Waals surface area contributed by atoms with Gasteiger partial charge in [0.2, 0.25) is 5.91 Å². The van der Waals surface area contributed by atoms with Crippen LogP contribution < -0.4 is 0 Å². The van der Waals surface area contributed by atoms with Crippen molar-refractivity contribution in [2.24, 2.45) is 13.0 Å². The monoisotopic (exact) mass is 290 g/mol. The Hall–Kier alpha value is -1.69. The predicted molar refractivity (Wildman–Crippen MR) is 77.5 cm³/mol. The smallest absolute Gasteiger partial charge is 0.223 e. The molecule has 3 rings (SSSR count). The number of ether oxygens (including phenoxy) is 1. The second-order valence-electron chi connectivity index (χ2n) is 5.94. The number of rotatable bonds is 4. The highest BCUT2D eigenvalue weighted by molar-refractivity contribution is 5.77. The zero-order valence-corrected chi connectivity index (χ0v) is 12.7. The Labute approximate surface area is 124 Å². The van der Waals surface area contributed by atoms with Gasteiger partial charge in [-0.2, -0.15) is 0 Å². The summed E-state index contributed by atoms with van der Waals surface area (Å²) >= 11 is 0. The number of carbonyl (C=O) groups excluding carboxylic acids is 1. The molecule has 2 heterocycles. The minimum Gasteiger partial charge on any atom is -0.384 e. The maximum absolute atomic E-state index is 12.5. The summed E-state index contributed by atoms with van der Waals surface area (Å²) in [5.41, 5.74) is 2.00. The predicted octanol–water partition coefficient (Wildman–Crippen LogP) is 1.24. The summed E-state index contributed by atoms with van der Waals surface area (Å²) in [6.45, 7) is 1.84. The third-order valence-electron chi connectivity index (χ3n) is 4.38. The normalized spacial score (nSPS) is 24.4. The molecule has 2 aliphatic rings. The molecule has 6 nitrogen and oxygen atoms in total. The first-order chi connectivity index (χ1) is 10.2. The van der Waals surface area contributed by atoms with E-state index in [-0.39, 0.29) is 11.8 Å². The van der Waals surface area contributed by atoms with Gasteiger partial charge in [-0.1, -0.05) is 17.4 Å². The maximum Gasteiger partial charge on any atom is 0.223 e. The van der Waals surface area contributed by atoms with Crippen molar-refractivity contribution >= 4 is 5.91 Å².